The van der Waals surface area contributed by atoms with Gasteiger partial charge in [-0.1, -0.05) is 6.07 Å². The molecule has 1 saturated heterocycles. The zero-order valence-electron chi connectivity index (χ0n) is 10.6. The molecule has 2 atom stereocenters. The Bertz CT molecular complexity index is 619. The maximum Gasteiger partial charge on any atom is 0.307 e. The summed E-state index contributed by atoms with van der Waals surface area (Å²) in [4.78, 5) is 11.0. The van der Waals surface area contributed by atoms with Crippen LogP contribution in [0.1, 0.15) is 18.0 Å². The number of carboxylic acids is 1. The summed E-state index contributed by atoms with van der Waals surface area (Å²) in [5.74, 6) is -0.377. The molecule has 2 heterocycles. The molecule has 1 fully saturated rings. The third kappa shape index (κ3) is 1.96. The summed E-state index contributed by atoms with van der Waals surface area (Å²) < 4.78 is 10.7. The molecule has 0 radical (unpaired) electrons. The zero-order chi connectivity index (χ0) is 13.4. The van der Waals surface area contributed by atoms with Crippen LogP contribution in [0.5, 0.6) is 5.75 Å². The quantitative estimate of drug-likeness (QED) is 0.886. The van der Waals surface area contributed by atoms with Crippen LogP contribution in [0.25, 0.3) is 11.0 Å². The molecule has 0 bridgehead atoms. The van der Waals surface area contributed by atoms with E-state index in [1.54, 1.807) is 13.4 Å². The largest absolute Gasteiger partial charge is 0.493 e. The Kier molecular flexibility index (Phi) is 2.91. The maximum absolute atomic E-state index is 11.0. The van der Waals surface area contributed by atoms with Crippen LogP contribution in [0.3, 0.4) is 0 Å². The second kappa shape index (κ2) is 4.59. The van der Waals surface area contributed by atoms with Gasteiger partial charge in [-0.15, -0.1) is 0 Å². The molecular formula is C14H15NO4. The van der Waals surface area contributed by atoms with Crippen molar-refractivity contribution in [1.29, 1.82) is 0 Å². The van der Waals surface area contributed by atoms with Gasteiger partial charge in [0.2, 0.25) is 0 Å². The van der Waals surface area contributed by atoms with E-state index in [0.29, 0.717) is 24.3 Å². The number of carbonyl (C=O) groups is 1. The number of fused-ring (bicyclic) bond motifs is 1. The summed E-state index contributed by atoms with van der Waals surface area (Å²) in [7, 11) is 1.60. The van der Waals surface area contributed by atoms with E-state index >= 15 is 0 Å². The summed E-state index contributed by atoms with van der Waals surface area (Å²) in [6, 6.07) is 5.77. The first kappa shape index (κ1) is 12.0. The van der Waals surface area contributed by atoms with Crippen molar-refractivity contribution in [2.75, 3.05) is 13.7 Å². The highest BCUT2D eigenvalue weighted by Gasteiger charge is 2.31. The first-order valence-electron chi connectivity index (χ1n) is 6.21. The number of nitrogens with one attached hydrogen (secondary N) is 1. The smallest absolute Gasteiger partial charge is 0.307 e. The van der Waals surface area contributed by atoms with Crippen molar-refractivity contribution >= 4 is 16.9 Å². The molecule has 2 aromatic rings. The molecule has 1 aromatic heterocycles. The summed E-state index contributed by atoms with van der Waals surface area (Å²) in [5.41, 5.74) is 1.77. The van der Waals surface area contributed by atoms with E-state index in [-0.39, 0.29) is 12.0 Å². The predicted octanol–water partition coefficient (Wildman–Crippen LogP) is 2.18. The van der Waals surface area contributed by atoms with Gasteiger partial charge in [0.05, 0.1) is 19.3 Å². The average Bonchev–Trinajstić information content (AvgIpc) is 3.06. The average molecular weight is 261 g/mol. The van der Waals surface area contributed by atoms with Gasteiger partial charge in [0, 0.05) is 18.0 Å². The highest BCUT2D eigenvalue weighted by molar-refractivity contribution is 5.87. The van der Waals surface area contributed by atoms with Crippen molar-refractivity contribution in [3.63, 3.8) is 0 Å². The van der Waals surface area contributed by atoms with Gasteiger partial charge in [-0.05, 0) is 24.1 Å². The van der Waals surface area contributed by atoms with Crippen molar-refractivity contribution < 1.29 is 19.1 Å². The van der Waals surface area contributed by atoms with E-state index < -0.39 is 5.97 Å². The fraction of sp³-hybridized carbons (Fsp3) is 0.357. The minimum atomic E-state index is -0.744. The Morgan fingerprint density at radius 3 is 3.00 bits per heavy atom. The Labute approximate surface area is 110 Å². The number of hydrogen-bond acceptors (Lipinski definition) is 4. The van der Waals surface area contributed by atoms with Gasteiger partial charge in [-0.25, -0.2) is 0 Å². The van der Waals surface area contributed by atoms with Crippen molar-refractivity contribution in [3.8, 4) is 5.75 Å². The number of aliphatic carboxylic acids is 1. The van der Waals surface area contributed by atoms with Crippen LogP contribution in [0.2, 0.25) is 0 Å². The molecular weight excluding hydrogens is 246 g/mol. The van der Waals surface area contributed by atoms with Gasteiger partial charge >= 0.3 is 5.97 Å². The minimum Gasteiger partial charge on any atom is -0.493 e. The van der Waals surface area contributed by atoms with Crippen molar-refractivity contribution in [3.05, 3.63) is 30.0 Å². The number of benzene rings is 1. The monoisotopic (exact) mass is 261 g/mol. The lowest BCUT2D eigenvalue weighted by Crippen LogP contribution is -2.17. The van der Waals surface area contributed by atoms with Crippen LogP contribution in [0.15, 0.2) is 28.9 Å². The van der Waals surface area contributed by atoms with Gasteiger partial charge in [0.25, 0.3) is 0 Å². The topological polar surface area (TPSA) is 71.7 Å². The molecule has 1 aliphatic heterocycles. The Hall–Kier alpha value is -2.01. The lowest BCUT2D eigenvalue weighted by Gasteiger charge is -2.13. The van der Waals surface area contributed by atoms with Gasteiger partial charge in [0.15, 0.2) is 11.3 Å². The SMILES string of the molecule is COc1ccc(C2CC(C(=O)O)CN2)c2ccoc12. The Morgan fingerprint density at radius 1 is 1.47 bits per heavy atom. The molecule has 5 heteroatoms. The molecule has 2 unspecified atom stereocenters. The second-order valence-electron chi connectivity index (χ2n) is 4.75. The van der Waals surface area contributed by atoms with E-state index in [0.717, 1.165) is 10.9 Å². The molecule has 0 spiro atoms. The lowest BCUT2D eigenvalue weighted by atomic mass is 9.97. The van der Waals surface area contributed by atoms with Crippen molar-refractivity contribution in [1.82, 2.24) is 5.32 Å². The molecule has 19 heavy (non-hydrogen) atoms. The van der Waals surface area contributed by atoms with E-state index in [1.807, 2.05) is 18.2 Å². The van der Waals surface area contributed by atoms with E-state index in [9.17, 15) is 4.79 Å². The Balaban J connectivity index is 1.98. The van der Waals surface area contributed by atoms with Gasteiger partial charge < -0.3 is 19.6 Å². The maximum atomic E-state index is 11.0. The third-order valence-corrected chi connectivity index (χ3v) is 3.69. The number of rotatable bonds is 3. The first-order chi connectivity index (χ1) is 9.20. The molecule has 3 rings (SSSR count). The molecule has 0 aliphatic carbocycles. The standard InChI is InChI=1S/C14H15NO4/c1-18-12-3-2-9(10-4-5-19-13(10)12)11-6-8(7-15-11)14(16)17/h2-5,8,11,15H,6-7H2,1H3,(H,16,17). The lowest BCUT2D eigenvalue weighted by molar-refractivity contribution is -0.141. The molecule has 1 aromatic carbocycles. The normalized spacial score (nSPS) is 22.8. The van der Waals surface area contributed by atoms with E-state index in [2.05, 4.69) is 5.32 Å². The van der Waals surface area contributed by atoms with E-state index in [1.165, 1.54) is 0 Å². The van der Waals surface area contributed by atoms with Crippen LogP contribution in [0.4, 0.5) is 0 Å². The molecule has 2 N–H and O–H groups in total. The fourth-order valence-corrected chi connectivity index (χ4v) is 2.68. The highest BCUT2D eigenvalue weighted by atomic mass is 16.5. The van der Waals surface area contributed by atoms with Crippen LogP contribution in [-0.4, -0.2) is 24.7 Å². The van der Waals surface area contributed by atoms with Gasteiger partial charge in [-0.3, -0.25) is 4.79 Å². The van der Waals surface area contributed by atoms with Crippen LogP contribution < -0.4 is 10.1 Å². The summed E-state index contributed by atoms with van der Waals surface area (Å²) in [5, 5.41) is 13.3. The highest BCUT2D eigenvalue weighted by Crippen LogP contribution is 2.36. The summed E-state index contributed by atoms with van der Waals surface area (Å²) >= 11 is 0. The minimum absolute atomic E-state index is 0.0482. The molecule has 0 saturated carbocycles. The molecule has 0 amide bonds. The first-order valence-corrected chi connectivity index (χ1v) is 6.21. The van der Waals surface area contributed by atoms with Crippen LogP contribution in [-0.2, 0) is 4.79 Å². The number of furan rings is 1. The fourth-order valence-electron chi connectivity index (χ4n) is 2.68. The van der Waals surface area contributed by atoms with Crippen molar-refractivity contribution in [2.45, 2.75) is 12.5 Å². The third-order valence-electron chi connectivity index (χ3n) is 3.69. The molecule has 5 nitrogen and oxygen atoms in total. The predicted molar refractivity (Wildman–Crippen MR) is 69.3 cm³/mol. The summed E-state index contributed by atoms with van der Waals surface area (Å²) in [6.07, 6.45) is 2.22. The van der Waals surface area contributed by atoms with Crippen LogP contribution in [0, 0.1) is 5.92 Å². The second-order valence-corrected chi connectivity index (χ2v) is 4.75. The number of methoxy groups -OCH3 is 1. The Morgan fingerprint density at radius 2 is 2.32 bits per heavy atom. The summed E-state index contributed by atoms with van der Waals surface area (Å²) in [6.45, 7) is 0.505. The molecule has 100 valence electrons. The number of carboxylic acid groups (broad SMARTS) is 1. The number of hydrogen-bond donors (Lipinski definition) is 2. The zero-order valence-corrected chi connectivity index (χ0v) is 10.6. The van der Waals surface area contributed by atoms with Gasteiger partial charge in [-0.2, -0.15) is 0 Å². The molecule has 1 aliphatic rings. The number of ether oxygens (including phenoxy) is 1. The van der Waals surface area contributed by atoms with Crippen molar-refractivity contribution in [2.24, 2.45) is 5.92 Å². The van der Waals surface area contributed by atoms with E-state index in [4.69, 9.17) is 14.3 Å². The van der Waals surface area contributed by atoms with Crippen LogP contribution >= 0.6 is 0 Å². The van der Waals surface area contributed by atoms with Gasteiger partial charge in [0.1, 0.15) is 0 Å².